The number of hydrazone groups is 1. The molecule has 1 fully saturated rings. The van der Waals surface area contributed by atoms with E-state index in [-0.39, 0.29) is 23.0 Å². The zero-order valence-corrected chi connectivity index (χ0v) is 20.2. The summed E-state index contributed by atoms with van der Waals surface area (Å²) in [5.41, 5.74) is 3.61. The first-order valence-corrected chi connectivity index (χ1v) is 11.7. The fraction of sp³-hybridized carbons (Fsp3) is 0.200. The van der Waals surface area contributed by atoms with Crippen LogP contribution in [0.1, 0.15) is 11.3 Å². The van der Waals surface area contributed by atoms with Crippen molar-refractivity contribution in [3.05, 3.63) is 78.4 Å². The smallest absolute Gasteiger partial charge is 0.378 e. The summed E-state index contributed by atoms with van der Waals surface area (Å²) < 4.78 is 60.0. The third-order valence-electron chi connectivity index (χ3n) is 5.61. The van der Waals surface area contributed by atoms with E-state index in [9.17, 15) is 17.6 Å². The lowest BCUT2D eigenvalue weighted by Gasteiger charge is -2.27. The molecule has 0 atom stereocenters. The summed E-state index contributed by atoms with van der Waals surface area (Å²) in [7, 11) is 0. The second-order valence-corrected chi connectivity index (χ2v) is 8.32. The number of aromatic nitrogens is 5. The summed E-state index contributed by atoms with van der Waals surface area (Å²) in [5, 5.41) is 6.98. The molecule has 5 rings (SSSR count). The largest absolute Gasteiger partial charge is 0.416 e. The van der Waals surface area contributed by atoms with E-state index in [0.29, 0.717) is 43.4 Å². The minimum absolute atomic E-state index is 0.108. The van der Waals surface area contributed by atoms with Crippen LogP contribution in [0.5, 0.6) is 0 Å². The van der Waals surface area contributed by atoms with Gasteiger partial charge in [-0.1, -0.05) is 0 Å². The first-order valence-electron chi connectivity index (χ1n) is 11.7. The van der Waals surface area contributed by atoms with E-state index in [2.05, 4.69) is 40.8 Å². The number of nitrogens with zero attached hydrogens (tertiary/aromatic N) is 7. The first kappa shape index (κ1) is 25.9. The zero-order chi connectivity index (χ0) is 27.2. The first-order chi connectivity index (χ1) is 18.8. The summed E-state index contributed by atoms with van der Waals surface area (Å²) >= 11 is 0. The third kappa shape index (κ3) is 6.59. The molecule has 3 aromatic heterocycles. The normalized spacial score (nSPS) is 14.0. The molecule has 4 heterocycles. The zero-order valence-electron chi connectivity index (χ0n) is 20.2. The molecule has 0 amide bonds. The third-order valence-corrected chi connectivity index (χ3v) is 5.61. The van der Waals surface area contributed by atoms with Crippen molar-refractivity contribution in [2.24, 2.45) is 5.10 Å². The SMILES string of the molecule is Fc1cnc(N/N=C/c2ccc(Nc3cc(-c4ccncn4)cc(C(F)(F)F)c3)cn2)nc1N1CCOCC1. The molecule has 0 spiro atoms. The van der Waals surface area contributed by atoms with Gasteiger partial charge in [0, 0.05) is 30.5 Å². The van der Waals surface area contributed by atoms with Gasteiger partial charge in [-0.05, 0) is 36.4 Å². The summed E-state index contributed by atoms with van der Waals surface area (Å²) in [6, 6.07) is 8.40. The highest BCUT2D eigenvalue weighted by Crippen LogP contribution is 2.35. The fourth-order valence-electron chi connectivity index (χ4n) is 3.76. The predicted molar refractivity (Wildman–Crippen MR) is 136 cm³/mol. The summed E-state index contributed by atoms with van der Waals surface area (Å²) in [6.45, 7) is 2.00. The van der Waals surface area contributed by atoms with E-state index in [1.54, 1.807) is 23.1 Å². The average Bonchev–Trinajstić information content (AvgIpc) is 2.95. The Labute approximate surface area is 219 Å². The lowest BCUT2D eigenvalue weighted by atomic mass is 10.1. The number of ether oxygens (including phenoxy) is 1. The Hall–Kier alpha value is -4.72. The Bertz CT molecular complexity index is 1440. The van der Waals surface area contributed by atoms with E-state index in [4.69, 9.17) is 4.74 Å². The van der Waals surface area contributed by atoms with Gasteiger partial charge in [0.05, 0.1) is 54.5 Å². The maximum Gasteiger partial charge on any atom is 0.416 e. The van der Waals surface area contributed by atoms with Crippen molar-refractivity contribution in [1.29, 1.82) is 0 Å². The van der Waals surface area contributed by atoms with Gasteiger partial charge >= 0.3 is 6.18 Å². The molecule has 10 nitrogen and oxygen atoms in total. The van der Waals surface area contributed by atoms with Crippen LogP contribution in [0.4, 0.5) is 40.7 Å². The number of rotatable bonds is 7. The molecule has 4 aromatic rings. The van der Waals surface area contributed by atoms with E-state index < -0.39 is 17.6 Å². The number of hydrogen-bond donors (Lipinski definition) is 2. The van der Waals surface area contributed by atoms with Crippen LogP contribution in [-0.2, 0) is 10.9 Å². The number of hydrogen-bond acceptors (Lipinski definition) is 10. The van der Waals surface area contributed by atoms with Crippen molar-refractivity contribution < 1.29 is 22.3 Å². The molecule has 0 radical (unpaired) electrons. The molecule has 0 aliphatic carbocycles. The number of alkyl halides is 3. The second-order valence-electron chi connectivity index (χ2n) is 8.32. The second kappa shape index (κ2) is 11.3. The van der Waals surface area contributed by atoms with Crippen molar-refractivity contribution >= 4 is 29.4 Å². The molecule has 1 aliphatic heterocycles. The van der Waals surface area contributed by atoms with Crippen molar-refractivity contribution in [1.82, 2.24) is 24.9 Å². The minimum Gasteiger partial charge on any atom is -0.378 e. The van der Waals surface area contributed by atoms with Gasteiger partial charge < -0.3 is 15.0 Å². The van der Waals surface area contributed by atoms with E-state index in [1.807, 2.05) is 0 Å². The minimum atomic E-state index is -4.54. The van der Waals surface area contributed by atoms with Crippen molar-refractivity contribution in [3.63, 3.8) is 0 Å². The fourth-order valence-corrected chi connectivity index (χ4v) is 3.76. The van der Waals surface area contributed by atoms with Crippen molar-refractivity contribution in [2.75, 3.05) is 41.9 Å². The van der Waals surface area contributed by atoms with Crippen LogP contribution in [0.2, 0.25) is 0 Å². The van der Waals surface area contributed by atoms with Gasteiger partial charge in [0.25, 0.3) is 0 Å². The van der Waals surface area contributed by atoms with Crippen LogP contribution < -0.4 is 15.6 Å². The lowest BCUT2D eigenvalue weighted by molar-refractivity contribution is -0.137. The van der Waals surface area contributed by atoms with Gasteiger partial charge in [-0.15, -0.1) is 0 Å². The van der Waals surface area contributed by atoms with Crippen LogP contribution in [0.3, 0.4) is 0 Å². The van der Waals surface area contributed by atoms with Crippen molar-refractivity contribution in [3.8, 4) is 11.3 Å². The molecular formula is C25H21F4N9O. The molecule has 14 heteroatoms. The molecule has 1 aromatic carbocycles. The van der Waals surface area contributed by atoms with E-state index in [1.165, 1.54) is 31.0 Å². The molecule has 39 heavy (non-hydrogen) atoms. The number of pyridine rings is 1. The quantitative estimate of drug-likeness (QED) is 0.199. The molecular weight excluding hydrogens is 518 g/mol. The van der Waals surface area contributed by atoms with E-state index >= 15 is 0 Å². The average molecular weight is 539 g/mol. The summed E-state index contributed by atoms with van der Waals surface area (Å²) in [6.07, 6.45) is 2.12. The molecule has 0 saturated carbocycles. The maximum absolute atomic E-state index is 14.2. The molecule has 200 valence electrons. The van der Waals surface area contributed by atoms with E-state index in [0.717, 1.165) is 18.3 Å². The van der Waals surface area contributed by atoms with Gasteiger partial charge in [0.15, 0.2) is 11.6 Å². The molecule has 2 N–H and O–H groups in total. The van der Waals surface area contributed by atoms with Gasteiger partial charge in [-0.3, -0.25) is 4.98 Å². The molecule has 1 saturated heterocycles. The Kier molecular flexibility index (Phi) is 7.54. The molecule has 1 aliphatic rings. The highest BCUT2D eigenvalue weighted by molar-refractivity contribution is 5.78. The molecule has 0 bridgehead atoms. The topological polar surface area (TPSA) is 113 Å². The summed E-state index contributed by atoms with van der Waals surface area (Å²) in [4.78, 5) is 21.9. The Morgan fingerprint density at radius 3 is 2.54 bits per heavy atom. The summed E-state index contributed by atoms with van der Waals surface area (Å²) in [5.74, 6) is -0.269. The van der Waals surface area contributed by atoms with Gasteiger partial charge in [-0.25, -0.2) is 24.8 Å². The predicted octanol–water partition coefficient (Wildman–Crippen LogP) is 4.51. The lowest BCUT2D eigenvalue weighted by Crippen LogP contribution is -2.37. The maximum atomic E-state index is 14.2. The highest BCUT2D eigenvalue weighted by Gasteiger charge is 2.31. The Balaban J connectivity index is 1.27. The number of benzene rings is 1. The van der Waals surface area contributed by atoms with Crippen LogP contribution in [-0.4, -0.2) is 57.4 Å². The Morgan fingerprint density at radius 2 is 1.82 bits per heavy atom. The monoisotopic (exact) mass is 539 g/mol. The number of morpholine rings is 1. The van der Waals surface area contributed by atoms with Gasteiger partial charge in [0.1, 0.15) is 6.33 Å². The number of halogens is 4. The van der Waals surface area contributed by atoms with Crippen LogP contribution >= 0.6 is 0 Å². The van der Waals surface area contributed by atoms with Gasteiger partial charge in [-0.2, -0.15) is 23.3 Å². The number of nitrogens with one attached hydrogen (secondary N) is 2. The molecule has 0 unspecified atom stereocenters. The van der Waals surface area contributed by atoms with Crippen LogP contribution in [0.15, 0.2) is 66.4 Å². The standard InChI is InChI=1S/C25H21F4N9O/c26-21-14-32-24(36-23(21)38-5-7-39-8-6-38)37-34-13-18-1-2-19(12-31-18)35-20-10-16(22-3-4-30-15-33-22)9-17(11-20)25(27,28)29/h1-4,9-15,35H,5-8H2,(H,32,36,37)/b34-13+. The Morgan fingerprint density at radius 1 is 0.974 bits per heavy atom. The van der Waals surface area contributed by atoms with Gasteiger partial charge in [0.2, 0.25) is 5.95 Å². The van der Waals surface area contributed by atoms with Crippen LogP contribution in [0.25, 0.3) is 11.3 Å². The van der Waals surface area contributed by atoms with Crippen LogP contribution in [0, 0.1) is 5.82 Å². The highest BCUT2D eigenvalue weighted by atomic mass is 19.4. The number of anilines is 4. The van der Waals surface area contributed by atoms with Crippen molar-refractivity contribution in [2.45, 2.75) is 6.18 Å².